The Labute approximate surface area is 172 Å². The van der Waals surface area contributed by atoms with Crippen molar-refractivity contribution in [2.45, 2.75) is 12.8 Å². The molecule has 2 aromatic rings. The van der Waals surface area contributed by atoms with Gasteiger partial charge >= 0.3 is 0 Å². The van der Waals surface area contributed by atoms with Crippen LogP contribution in [0.5, 0.6) is 5.75 Å². The zero-order chi connectivity index (χ0) is 21.1. The molecule has 2 rings (SSSR count). The number of benzene rings is 2. The number of amides is 2. The van der Waals surface area contributed by atoms with Gasteiger partial charge in [0.15, 0.2) is 0 Å². The van der Waals surface area contributed by atoms with Gasteiger partial charge in [-0.3, -0.25) is 9.59 Å². The van der Waals surface area contributed by atoms with Crippen LogP contribution in [0.25, 0.3) is 0 Å². The number of methoxy groups -OCH3 is 1. The molecule has 0 atom stereocenters. The number of ether oxygens (including phenoxy) is 2. The number of anilines is 2. The van der Waals surface area contributed by atoms with Gasteiger partial charge in [0.2, 0.25) is 11.8 Å². The van der Waals surface area contributed by atoms with Gasteiger partial charge in [-0.05, 0) is 48.4 Å². The summed E-state index contributed by atoms with van der Waals surface area (Å²) in [6, 6.07) is 14.9. The normalized spacial score (nSPS) is 10.3. The Balaban J connectivity index is 1.73. The number of hydrogen-bond acceptors (Lipinski definition) is 5. The standard InChI is InChI=1S/C22H29N3O4/c1-25(2)22(27)13-6-17-4-7-18(8-5-17)23-16-21(26)24-19-9-11-20(12-10-19)29-15-14-28-3/h4-5,7-12,23H,6,13-16H2,1-3H3,(H,24,26). The first kappa shape index (κ1) is 22.2. The molecule has 0 spiro atoms. The fourth-order valence-corrected chi connectivity index (χ4v) is 2.53. The number of nitrogens with zero attached hydrogens (tertiary/aromatic N) is 1. The van der Waals surface area contributed by atoms with Crippen LogP contribution in [0.15, 0.2) is 48.5 Å². The second-order valence-corrected chi connectivity index (χ2v) is 6.75. The third-order valence-electron chi connectivity index (χ3n) is 4.23. The van der Waals surface area contributed by atoms with Gasteiger partial charge in [-0.25, -0.2) is 0 Å². The maximum absolute atomic E-state index is 12.1. The molecule has 0 saturated carbocycles. The van der Waals surface area contributed by atoms with Crippen molar-refractivity contribution in [2.24, 2.45) is 0 Å². The molecule has 7 nitrogen and oxygen atoms in total. The number of carbonyl (C=O) groups excluding carboxylic acids is 2. The summed E-state index contributed by atoms with van der Waals surface area (Å²) in [5.74, 6) is 0.697. The highest BCUT2D eigenvalue weighted by molar-refractivity contribution is 5.93. The van der Waals surface area contributed by atoms with E-state index in [1.54, 1.807) is 50.4 Å². The lowest BCUT2D eigenvalue weighted by Gasteiger charge is -2.11. The van der Waals surface area contributed by atoms with Crippen LogP contribution in [0.1, 0.15) is 12.0 Å². The summed E-state index contributed by atoms with van der Waals surface area (Å²) >= 11 is 0. The van der Waals surface area contributed by atoms with Crippen LogP contribution in [0.4, 0.5) is 11.4 Å². The molecular formula is C22H29N3O4. The van der Waals surface area contributed by atoms with E-state index in [0.717, 1.165) is 17.0 Å². The third kappa shape index (κ3) is 8.23. The molecule has 2 N–H and O–H groups in total. The Morgan fingerprint density at radius 2 is 1.59 bits per heavy atom. The SMILES string of the molecule is COCCOc1ccc(NC(=O)CNc2ccc(CCC(=O)N(C)C)cc2)cc1. The van der Waals surface area contributed by atoms with Gasteiger partial charge in [-0.2, -0.15) is 0 Å². The van der Waals surface area contributed by atoms with Crippen molar-refractivity contribution in [3.8, 4) is 5.75 Å². The minimum absolute atomic E-state index is 0.110. The highest BCUT2D eigenvalue weighted by Crippen LogP contribution is 2.16. The Kier molecular flexibility index (Phi) is 8.98. The zero-order valence-corrected chi connectivity index (χ0v) is 17.2. The van der Waals surface area contributed by atoms with Crippen LogP contribution in [-0.4, -0.2) is 57.7 Å². The van der Waals surface area contributed by atoms with E-state index in [2.05, 4.69) is 10.6 Å². The molecular weight excluding hydrogens is 370 g/mol. The molecule has 7 heteroatoms. The average molecular weight is 399 g/mol. The molecule has 0 unspecified atom stereocenters. The van der Waals surface area contributed by atoms with E-state index in [-0.39, 0.29) is 18.4 Å². The predicted molar refractivity (Wildman–Crippen MR) is 114 cm³/mol. The summed E-state index contributed by atoms with van der Waals surface area (Å²) in [6.07, 6.45) is 1.18. The second kappa shape index (κ2) is 11.7. The van der Waals surface area contributed by atoms with Crippen molar-refractivity contribution < 1.29 is 19.1 Å². The van der Waals surface area contributed by atoms with Crippen LogP contribution >= 0.6 is 0 Å². The number of hydrogen-bond donors (Lipinski definition) is 2. The zero-order valence-electron chi connectivity index (χ0n) is 17.2. The second-order valence-electron chi connectivity index (χ2n) is 6.75. The molecule has 0 aliphatic rings. The van der Waals surface area contributed by atoms with Crippen LogP contribution in [0, 0.1) is 0 Å². The molecule has 0 bridgehead atoms. The summed E-state index contributed by atoms with van der Waals surface area (Å²) < 4.78 is 10.4. The van der Waals surface area contributed by atoms with E-state index >= 15 is 0 Å². The maximum atomic E-state index is 12.1. The van der Waals surface area contributed by atoms with E-state index < -0.39 is 0 Å². The summed E-state index contributed by atoms with van der Waals surface area (Å²) in [5.41, 5.74) is 2.64. The minimum Gasteiger partial charge on any atom is -0.491 e. The lowest BCUT2D eigenvalue weighted by Crippen LogP contribution is -2.22. The highest BCUT2D eigenvalue weighted by atomic mass is 16.5. The molecule has 29 heavy (non-hydrogen) atoms. The lowest BCUT2D eigenvalue weighted by atomic mass is 10.1. The molecule has 156 valence electrons. The quantitative estimate of drug-likeness (QED) is 0.568. The third-order valence-corrected chi connectivity index (χ3v) is 4.23. The summed E-state index contributed by atoms with van der Waals surface area (Å²) in [7, 11) is 5.14. The monoisotopic (exact) mass is 399 g/mol. The molecule has 2 amide bonds. The van der Waals surface area contributed by atoms with Gasteiger partial charge < -0.3 is 25.0 Å². The van der Waals surface area contributed by atoms with Gasteiger partial charge in [-0.1, -0.05) is 12.1 Å². The Morgan fingerprint density at radius 3 is 2.21 bits per heavy atom. The number of rotatable bonds is 11. The van der Waals surface area contributed by atoms with Crippen molar-refractivity contribution in [3.05, 3.63) is 54.1 Å². The molecule has 0 heterocycles. The molecule has 0 aliphatic heterocycles. The van der Waals surface area contributed by atoms with E-state index in [9.17, 15) is 9.59 Å². The van der Waals surface area contributed by atoms with E-state index in [1.165, 1.54) is 0 Å². The number of aryl methyl sites for hydroxylation is 1. The molecule has 0 saturated heterocycles. The number of nitrogens with one attached hydrogen (secondary N) is 2. The number of carbonyl (C=O) groups is 2. The summed E-state index contributed by atoms with van der Waals surface area (Å²) in [5, 5.41) is 5.93. The Morgan fingerprint density at radius 1 is 0.931 bits per heavy atom. The van der Waals surface area contributed by atoms with Gasteiger partial charge in [0, 0.05) is 39.0 Å². The fourth-order valence-electron chi connectivity index (χ4n) is 2.53. The average Bonchev–Trinajstić information content (AvgIpc) is 2.72. The fraction of sp³-hybridized carbons (Fsp3) is 0.364. The van der Waals surface area contributed by atoms with Crippen LogP contribution < -0.4 is 15.4 Å². The topological polar surface area (TPSA) is 79.9 Å². The van der Waals surface area contributed by atoms with Crippen LogP contribution in [-0.2, 0) is 20.7 Å². The van der Waals surface area contributed by atoms with Gasteiger partial charge in [0.05, 0.1) is 13.2 Å². The molecule has 0 fully saturated rings. The maximum Gasteiger partial charge on any atom is 0.243 e. The Hall–Kier alpha value is -3.06. The van der Waals surface area contributed by atoms with Gasteiger partial charge in [0.1, 0.15) is 12.4 Å². The molecule has 2 aromatic carbocycles. The van der Waals surface area contributed by atoms with Gasteiger partial charge in [-0.15, -0.1) is 0 Å². The van der Waals surface area contributed by atoms with Crippen molar-refractivity contribution in [3.63, 3.8) is 0 Å². The summed E-state index contributed by atoms with van der Waals surface area (Å²) in [4.78, 5) is 25.4. The highest BCUT2D eigenvalue weighted by Gasteiger charge is 2.05. The Bertz CT molecular complexity index is 774. The van der Waals surface area contributed by atoms with Crippen LogP contribution in [0.3, 0.4) is 0 Å². The first-order valence-corrected chi connectivity index (χ1v) is 9.52. The van der Waals surface area contributed by atoms with Crippen LogP contribution in [0.2, 0.25) is 0 Å². The van der Waals surface area contributed by atoms with Crippen molar-refractivity contribution >= 4 is 23.2 Å². The van der Waals surface area contributed by atoms with E-state index in [4.69, 9.17) is 9.47 Å². The van der Waals surface area contributed by atoms with Crippen molar-refractivity contribution in [2.75, 3.05) is 51.6 Å². The van der Waals surface area contributed by atoms with E-state index in [0.29, 0.717) is 31.7 Å². The van der Waals surface area contributed by atoms with E-state index in [1.807, 2.05) is 24.3 Å². The summed E-state index contributed by atoms with van der Waals surface area (Å²) in [6.45, 7) is 1.17. The first-order valence-electron chi connectivity index (χ1n) is 9.52. The molecule has 0 aliphatic carbocycles. The van der Waals surface area contributed by atoms with Gasteiger partial charge in [0.25, 0.3) is 0 Å². The molecule has 0 radical (unpaired) electrons. The van der Waals surface area contributed by atoms with Crippen molar-refractivity contribution in [1.29, 1.82) is 0 Å². The molecule has 0 aromatic heterocycles. The largest absolute Gasteiger partial charge is 0.491 e. The lowest BCUT2D eigenvalue weighted by molar-refractivity contribution is -0.128. The first-order chi connectivity index (χ1) is 14.0. The predicted octanol–water partition coefficient (Wildman–Crippen LogP) is 2.78. The smallest absolute Gasteiger partial charge is 0.243 e. The minimum atomic E-state index is -0.140. The van der Waals surface area contributed by atoms with Crippen molar-refractivity contribution in [1.82, 2.24) is 4.90 Å².